The number of aliphatic hydroxyl groups excluding tert-OH is 1. The molecule has 2 rings (SSSR count). The Labute approximate surface area is 122 Å². The van der Waals surface area contributed by atoms with Gasteiger partial charge in [0.15, 0.2) is 0 Å². The Bertz CT molecular complexity index is 474. The van der Waals surface area contributed by atoms with Gasteiger partial charge in [-0.15, -0.1) is 0 Å². The molecule has 0 bridgehead atoms. The number of hydrogen-bond acceptors (Lipinski definition) is 3. The van der Waals surface area contributed by atoms with Crippen molar-refractivity contribution in [3.63, 3.8) is 0 Å². The highest BCUT2D eigenvalue weighted by Gasteiger charge is 2.33. The molecule has 2 N–H and O–H groups in total. The maximum absolute atomic E-state index is 12.2. The molecule has 1 aromatic heterocycles. The van der Waals surface area contributed by atoms with Gasteiger partial charge < -0.3 is 10.4 Å². The standard InChI is InChI=1S/C13H16Cl2N2O2/c14-10-6-9(7-16-11(10)15)12(19)17-13(8-18)4-2-1-3-5-13/h6-7,18H,1-5,8H2,(H,17,19). The van der Waals surface area contributed by atoms with E-state index in [0.717, 1.165) is 32.1 Å². The lowest BCUT2D eigenvalue weighted by atomic mass is 9.82. The quantitative estimate of drug-likeness (QED) is 0.844. The van der Waals surface area contributed by atoms with Gasteiger partial charge in [0.05, 0.1) is 22.7 Å². The molecule has 0 aliphatic heterocycles. The number of aliphatic hydroxyl groups is 1. The summed E-state index contributed by atoms with van der Waals surface area (Å²) in [4.78, 5) is 16.0. The van der Waals surface area contributed by atoms with Crippen LogP contribution >= 0.6 is 23.2 Å². The Morgan fingerprint density at radius 1 is 1.37 bits per heavy atom. The monoisotopic (exact) mass is 302 g/mol. The third-order valence-corrected chi connectivity index (χ3v) is 4.24. The van der Waals surface area contributed by atoms with Crippen molar-refractivity contribution < 1.29 is 9.90 Å². The molecule has 1 amide bonds. The second kappa shape index (κ2) is 6.07. The molecule has 0 saturated heterocycles. The molecule has 1 saturated carbocycles. The van der Waals surface area contributed by atoms with Crippen LogP contribution in [-0.2, 0) is 0 Å². The molecule has 0 atom stereocenters. The Kier molecular flexibility index (Phi) is 4.66. The van der Waals surface area contributed by atoms with Crippen LogP contribution in [-0.4, -0.2) is 28.1 Å². The Hall–Kier alpha value is -0.840. The van der Waals surface area contributed by atoms with E-state index in [4.69, 9.17) is 23.2 Å². The van der Waals surface area contributed by atoms with Gasteiger partial charge in [0.25, 0.3) is 5.91 Å². The number of carbonyl (C=O) groups is 1. The van der Waals surface area contributed by atoms with Crippen LogP contribution in [0.15, 0.2) is 12.3 Å². The van der Waals surface area contributed by atoms with Gasteiger partial charge in [-0.3, -0.25) is 4.79 Å². The third kappa shape index (κ3) is 3.38. The van der Waals surface area contributed by atoms with Gasteiger partial charge in [-0.2, -0.15) is 0 Å². The molecule has 1 aliphatic rings. The van der Waals surface area contributed by atoms with Crippen LogP contribution in [0.4, 0.5) is 0 Å². The van der Waals surface area contributed by atoms with Crippen LogP contribution in [0.3, 0.4) is 0 Å². The maximum atomic E-state index is 12.2. The average Bonchev–Trinajstić information content (AvgIpc) is 2.43. The van der Waals surface area contributed by atoms with Crippen LogP contribution in [0.25, 0.3) is 0 Å². The molecule has 6 heteroatoms. The maximum Gasteiger partial charge on any atom is 0.253 e. The highest BCUT2D eigenvalue weighted by atomic mass is 35.5. The lowest BCUT2D eigenvalue weighted by Gasteiger charge is -2.36. The molecule has 104 valence electrons. The van der Waals surface area contributed by atoms with Crippen LogP contribution in [0.1, 0.15) is 42.5 Å². The summed E-state index contributed by atoms with van der Waals surface area (Å²) in [5, 5.41) is 12.9. The van der Waals surface area contributed by atoms with E-state index in [9.17, 15) is 9.90 Å². The normalized spacial score (nSPS) is 18.1. The van der Waals surface area contributed by atoms with Gasteiger partial charge in [0, 0.05) is 6.20 Å². The Morgan fingerprint density at radius 2 is 2.05 bits per heavy atom. The molecule has 4 nitrogen and oxygen atoms in total. The smallest absolute Gasteiger partial charge is 0.253 e. The van der Waals surface area contributed by atoms with Gasteiger partial charge in [0.2, 0.25) is 0 Å². The van der Waals surface area contributed by atoms with Crippen molar-refractivity contribution >= 4 is 29.1 Å². The summed E-state index contributed by atoms with van der Waals surface area (Å²) >= 11 is 11.6. The predicted octanol–water partition coefficient (Wildman–Crippen LogP) is 2.81. The van der Waals surface area contributed by atoms with E-state index >= 15 is 0 Å². The zero-order chi connectivity index (χ0) is 13.9. The van der Waals surface area contributed by atoms with Gasteiger partial charge >= 0.3 is 0 Å². The SMILES string of the molecule is O=C(NC1(CO)CCCCC1)c1cnc(Cl)c(Cl)c1. The van der Waals surface area contributed by atoms with E-state index in [-0.39, 0.29) is 22.7 Å². The number of aromatic nitrogens is 1. The first-order valence-electron chi connectivity index (χ1n) is 6.31. The molecule has 1 fully saturated rings. The summed E-state index contributed by atoms with van der Waals surface area (Å²) in [6.07, 6.45) is 6.15. The lowest BCUT2D eigenvalue weighted by molar-refractivity contribution is 0.0758. The second-order valence-electron chi connectivity index (χ2n) is 4.95. The van der Waals surface area contributed by atoms with Crippen molar-refractivity contribution in [2.45, 2.75) is 37.6 Å². The van der Waals surface area contributed by atoms with E-state index in [0.29, 0.717) is 5.56 Å². The molecule has 0 spiro atoms. The molecule has 1 aliphatic carbocycles. The number of carbonyl (C=O) groups excluding carboxylic acids is 1. The number of nitrogens with one attached hydrogen (secondary N) is 1. The van der Waals surface area contributed by atoms with Crippen LogP contribution in [0, 0.1) is 0 Å². The van der Waals surface area contributed by atoms with Crippen molar-refractivity contribution in [2.75, 3.05) is 6.61 Å². The van der Waals surface area contributed by atoms with Crippen molar-refractivity contribution in [1.82, 2.24) is 10.3 Å². The number of rotatable bonds is 3. The minimum Gasteiger partial charge on any atom is -0.394 e. The van der Waals surface area contributed by atoms with Crippen LogP contribution < -0.4 is 5.32 Å². The first-order chi connectivity index (χ1) is 9.06. The summed E-state index contributed by atoms with van der Waals surface area (Å²) in [6.45, 7) is -0.0481. The molecule has 1 heterocycles. The van der Waals surface area contributed by atoms with Gasteiger partial charge in [0.1, 0.15) is 5.15 Å². The largest absolute Gasteiger partial charge is 0.394 e. The van der Waals surface area contributed by atoms with Gasteiger partial charge in [-0.1, -0.05) is 42.5 Å². The molecule has 0 aromatic carbocycles. The fourth-order valence-electron chi connectivity index (χ4n) is 2.41. The first-order valence-corrected chi connectivity index (χ1v) is 7.06. The summed E-state index contributed by atoms with van der Waals surface area (Å²) in [5.41, 5.74) is -0.158. The van der Waals surface area contributed by atoms with E-state index in [2.05, 4.69) is 10.3 Å². The summed E-state index contributed by atoms with van der Waals surface area (Å²) < 4.78 is 0. The predicted molar refractivity (Wildman–Crippen MR) is 74.6 cm³/mol. The minimum atomic E-state index is -0.512. The van der Waals surface area contributed by atoms with E-state index in [1.54, 1.807) is 0 Å². The number of nitrogens with zero attached hydrogens (tertiary/aromatic N) is 1. The third-order valence-electron chi connectivity index (χ3n) is 3.55. The Morgan fingerprint density at radius 3 is 2.63 bits per heavy atom. The number of pyridine rings is 1. The minimum absolute atomic E-state index is 0.0481. The molecule has 0 radical (unpaired) electrons. The van der Waals surface area contributed by atoms with Crippen molar-refractivity contribution in [1.29, 1.82) is 0 Å². The van der Waals surface area contributed by atoms with Crippen LogP contribution in [0.2, 0.25) is 10.2 Å². The number of amides is 1. The average molecular weight is 303 g/mol. The van der Waals surface area contributed by atoms with E-state index in [1.807, 2.05) is 0 Å². The van der Waals surface area contributed by atoms with Crippen molar-refractivity contribution in [2.24, 2.45) is 0 Å². The Balaban J connectivity index is 2.12. The molecule has 1 aromatic rings. The zero-order valence-electron chi connectivity index (χ0n) is 10.5. The first kappa shape index (κ1) is 14.6. The van der Waals surface area contributed by atoms with E-state index in [1.165, 1.54) is 12.3 Å². The van der Waals surface area contributed by atoms with Crippen molar-refractivity contribution in [3.8, 4) is 0 Å². The van der Waals surface area contributed by atoms with Gasteiger partial charge in [-0.05, 0) is 18.9 Å². The highest BCUT2D eigenvalue weighted by molar-refractivity contribution is 6.41. The van der Waals surface area contributed by atoms with Crippen LogP contribution in [0.5, 0.6) is 0 Å². The second-order valence-corrected chi connectivity index (χ2v) is 5.72. The number of halogens is 2. The van der Waals surface area contributed by atoms with Gasteiger partial charge in [-0.25, -0.2) is 4.98 Å². The summed E-state index contributed by atoms with van der Waals surface area (Å²) in [5.74, 6) is -0.276. The molecular weight excluding hydrogens is 287 g/mol. The fourth-order valence-corrected chi connectivity index (χ4v) is 2.68. The highest BCUT2D eigenvalue weighted by Crippen LogP contribution is 2.28. The zero-order valence-corrected chi connectivity index (χ0v) is 12.0. The molecule has 0 unspecified atom stereocenters. The number of hydrogen-bond donors (Lipinski definition) is 2. The van der Waals surface area contributed by atoms with Crippen molar-refractivity contribution in [3.05, 3.63) is 28.0 Å². The fraction of sp³-hybridized carbons (Fsp3) is 0.538. The topological polar surface area (TPSA) is 62.2 Å². The summed E-state index contributed by atoms with van der Waals surface area (Å²) in [7, 11) is 0. The molecular formula is C13H16Cl2N2O2. The van der Waals surface area contributed by atoms with E-state index < -0.39 is 5.54 Å². The summed E-state index contributed by atoms with van der Waals surface area (Å²) in [6, 6.07) is 1.49. The molecule has 19 heavy (non-hydrogen) atoms. The lowest BCUT2D eigenvalue weighted by Crippen LogP contribution is -2.52.